The van der Waals surface area contributed by atoms with Gasteiger partial charge in [0.2, 0.25) is 0 Å². The third-order valence-corrected chi connectivity index (χ3v) is 5.14. The van der Waals surface area contributed by atoms with Gasteiger partial charge in [-0.2, -0.15) is 0 Å². The molecular weight excluding hydrogens is 224 g/mol. The predicted molar refractivity (Wildman–Crippen MR) is 73.8 cm³/mol. The van der Waals surface area contributed by atoms with Gasteiger partial charge >= 0.3 is 0 Å². The Morgan fingerprint density at radius 3 is 2.89 bits per heavy atom. The first-order chi connectivity index (χ1) is 8.86. The number of ether oxygens (including phenoxy) is 1. The van der Waals surface area contributed by atoms with Crippen LogP contribution in [-0.4, -0.2) is 49.8 Å². The average Bonchev–Trinajstić information content (AvgIpc) is 2.91. The van der Waals surface area contributed by atoms with Crippen LogP contribution in [0.5, 0.6) is 0 Å². The molecule has 1 spiro atoms. The Balaban J connectivity index is 1.47. The molecule has 2 heterocycles. The highest BCUT2D eigenvalue weighted by Gasteiger charge is 2.35. The van der Waals surface area contributed by atoms with Gasteiger partial charge in [0.25, 0.3) is 0 Å². The Morgan fingerprint density at radius 2 is 2.11 bits per heavy atom. The third kappa shape index (κ3) is 3.06. The second-order valence-corrected chi connectivity index (χ2v) is 6.56. The zero-order valence-corrected chi connectivity index (χ0v) is 11.6. The zero-order valence-electron chi connectivity index (χ0n) is 11.6. The van der Waals surface area contributed by atoms with Crippen molar-refractivity contribution in [3.8, 4) is 0 Å². The van der Waals surface area contributed by atoms with E-state index < -0.39 is 0 Å². The van der Waals surface area contributed by atoms with Crippen LogP contribution in [0.3, 0.4) is 0 Å². The van der Waals surface area contributed by atoms with E-state index in [0.29, 0.717) is 5.54 Å². The van der Waals surface area contributed by atoms with Crippen LogP contribution in [0.4, 0.5) is 0 Å². The molecule has 0 aromatic heterocycles. The van der Waals surface area contributed by atoms with Crippen molar-refractivity contribution in [3.05, 3.63) is 0 Å². The summed E-state index contributed by atoms with van der Waals surface area (Å²) in [5, 5.41) is 3.83. The number of nitrogens with zero attached hydrogens (tertiary/aromatic N) is 1. The highest BCUT2D eigenvalue weighted by molar-refractivity contribution is 4.96. The van der Waals surface area contributed by atoms with Crippen LogP contribution in [0.1, 0.15) is 44.9 Å². The minimum Gasteiger partial charge on any atom is -0.381 e. The SMILES string of the molecule is C1CCC2(CC1)CN(CCC1CCOC1)CCN2. The van der Waals surface area contributed by atoms with E-state index in [1.54, 1.807) is 0 Å². The second-order valence-electron chi connectivity index (χ2n) is 6.56. The molecule has 0 amide bonds. The van der Waals surface area contributed by atoms with Crippen LogP contribution in [0.2, 0.25) is 0 Å². The Hall–Kier alpha value is -0.120. The summed E-state index contributed by atoms with van der Waals surface area (Å²) in [6, 6.07) is 0. The molecule has 1 aliphatic carbocycles. The van der Waals surface area contributed by atoms with Crippen molar-refractivity contribution in [1.29, 1.82) is 0 Å². The zero-order chi connectivity index (χ0) is 12.3. The minimum atomic E-state index is 0.475. The number of piperazine rings is 1. The van der Waals surface area contributed by atoms with Crippen molar-refractivity contribution in [2.24, 2.45) is 5.92 Å². The third-order valence-electron chi connectivity index (χ3n) is 5.14. The van der Waals surface area contributed by atoms with E-state index in [1.807, 2.05) is 0 Å². The fraction of sp³-hybridized carbons (Fsp3) is 1.00. The lowest BCUT2D eigenvalue weighted by Crippen LogP contribution is -2.61. The lowest BCUT2D eigenvalue weighted by Gasteiger charge is -2.46. The molecule has 0 bridgehead atoms. The molecule has 3 rings (SSSR count). The van der Waals surface area contributed by atoms with E-state index in [-0.39, 0.29) is 0 Å². The van der Waals surface area contributed by atoms with Gasteiger partial charge in [-0.25, -0.2) is 0 Å². The molecule has 3 heteroatoms. The molecule has 18 heavy (non-hydrogen) atoms. The maximum Gasteiger partial charge on any atom is 0.0495 e. The molecule has 0 aromatic carbocycles. The normalized spacial score (nSPS) is 33.0. The topological polar surface area (TPSA) is 24.5 Å². The standard InChI is InChI=1S/C15H28N2O/c1-2-6-15(7-3-1)13-17(10-8-16-15)9-4-14-5-11-18-12-14/h14,16H,1-13H2. The van der Waals surface area contributed by atoms with Crippen molar-refractivity contribution in [2.75, 3.05) is 39.4 Å². The molecule has 1 saturated carbocycles. The smallest absolute Gasteiger partial charge is 0.0495 e. The van der Waals surface area contributed by atoms with Crippen LogP contribution in [0, 0.1) is 5.92 Å². The Bertz CT molecular complexity index is 252. The Morgan fingerprint density at radius 1 is 1.22 bits per heavy atom. The van der Waals surface area contributed by atoms with E-state index >= 15 is 0 Å². The molecule has 0 radical (unpaired) electrons. The first kappa shape index (κ1) is 12.9. The highest BCUT2D eigenvalue weighted by Crippen LogP contribution is 2.30. The number of hydrogen-bond acceptors (Lipinski definition) is 3. The largest absolute Gasteiger partial charge is 0.381 e. The summed E-state index contributed by atoms with van der Waals surface area (Å²) in [5.74, 6) is 0.835. The van der Waals surface area contributed by atoms with Crippen LogP contribution >= 0.6 is 0 Å². The van der Waals surface area contributed by atoms with Gasteiger partial charge < -0.3 is 15.0 Å². The van der Waals surface area contributed by atoms with Crippen molar-refractivity contribution < 1.29 is 4.74 Å². The number of nitrogens with one attached hydrogen (secondary N) is 1. The maximum atomic E-state index is 5.48. The van der Waals surface area contributed by atoms with Crippen molar-refractivity contribution in [1.82, 2.24) is 10.2 Å². The van der Waals surface area contributed by atoms with Gasteiger partial charge in [-0.15, -0.1) is 0 Å². The summed E-state index contributed by atoms with van der Waals surface area (Å²) in [6.45, 7) is 7.03. The first-order valence-electron chi connectivity index (χ1n) is 7.91. The van der Waals surface area contributed by atoms with Gasteiger partial charge in [0.05, 0.1) is 0 Å². The van der Waals surface area contributed by atoms with E-state index in [4.69, 9.17) is 4.74 Å². The van der Waals surface area contributed by atoms with Crippen LogP contribution in [0.15, 0.2) is 0 Å². The minimum absolute atomic E-state index is 0.475. The fourth-order valence-electron chi connectivity index (χ4n) is 3.97. The Kier molecular flexibility index (Phi) is 4.22. The fourth-order valence-corrected chi connectivity index (χ4v) is 3.97. The van der Waals surface area contributed by atoms with Crippen LogP contribution in [0.25, 0.3) is 0 Å². The number of rotatable bonds is 3. The maximum absolute atomic E-state index is 5.48. The molecule has 3 fully saturated rings. The van der Waals surface area contributed by atoms with Crippen LogP contribution < -0.4 is 5.32 Å². The van der Waals surface area contributed by atoms with E-state index in [2.05, 4.69) is 10.2 Å². The Labute approximate surface area is 111 Å². The second kappa shape index (κ2) is 5.89. The lowest BCUT2D eigenvalue weighted by molar-refractivity contribution is 0.0935. The monoisotopic (exact) mass is 252 g/mol. The summed E-state index contributed by atoms with van der Waals surface area (Å²) in [5.41, 5.74) is 0.475. The molecular formula is C15H28N2O. The van der Waals surface area contributed by atoms with Gasteiger partial charge in [0.1, 0.15) is 0 Å². The van der Waals surface area contributed by atoms with Crippen LogP contribution in [-0.2, 0) is 4.74 Å². The van der Waals surface area contributed by atoms with Gasteiger partial charge in [-0.1, -0.05) is 19.3 Å². The molecule has 3 nitrogen and oxygen atoms in total. The molecule has 2 aliphatic heterocycles. The summed E-state index contributed by atoms with van der Waals surface area (Å²) in [4.78, 5) is 2.71. The molecule has 1 N–H and O–H groups in total. The van der Waals surface area contributed by atoms with E-state index in [0.717, 1.165) is 19.1 Å². The molecule has 0 aromatic rings. The molecule has 2 saturated heterocycles. The van der Waals surface area contributed by atoms with E-state index in [1.165, 1.54) is 71.1 Å². The van der Waals surface area contributed by atoms with E-state index in [9.17, 15) is 0 Å². The van der Waals surface area contributed by atoms with Gasteiger partial charge in [-0.3, -0.25) is 0 Å². The highest BCUT2D eigenvalue weighted by atomic mass is 16.5. The summed E-state index contributed by atoms with van der Waals surface area (Å²) in [6.07, 6.45) is 9.73. The summed E-state index contributed by atoms with van der Waals surface area (Å²) < 4.78 is 5.48. The number of hydrogen-bond donors (Lipinski definition) is 1. The van der Waals surface area contributed by atoms with Crippen molar-refractivity contribution >= 4 is 0 Å². The summed E-state index contributed by atoms with van der Waals surface area (Å²) >= 11 is 0. The lowest BCUT2D eigenvalue weighted by atomic mass is 9.80. The van der Waals surface area contributed by atoms with Crippen molar-refractivity contribution in [3.63, 3.8) is 0 Å². The predicted octanol–water partition coefficient (Wildman–Crippen LogP) is 2.02. The molecule has 1 atom stereocenters. The molecule has 104 valence electrons. The first-order valence-corrected chi connectivity index (χ1v) is 7.91. The molecule has 3 aliphatic rings. The van der Waals surface area contributed by atoms with Gasteiger partial charge in [-0.05, 0) is 38.1 Å². The quantitative estimate of drug-likeness (QED) is 0.831. The van der Waals surface area contributed by atoms with Gasteiger partial charge in [0, 0.05) is 38.4 Å². The summed E-state index contributed by atoms with van der Waals surface area (Å²) in [7, 11) is 0. The molecule has 1 unspecified atom stereocenters. The average molecular weight is 252 g/mol. The van der Waals surface area contributed by atoms with Crippen molar-refractivity contribution in [2.45, 2.75) is 50.5 Å². The van der Waals surface area contributed by atoms with Gasteiger partial charge in [0.15, 0.2) is 0 Å².